The predicted molar refractivity (Wildman–Crippen MR) is 71.4 cm³/mol. The Morgan fingerprint density at radius 1 is 1.39 bits per heavy atom. The molecule has 0 aromatic rings. The van der Waals surface area contributed by atoms with Crippen LogP contribution in [0.2, 0.25) is 0 Å². The van der Waals surface area contributed by atoms with Crippen molar-refractivity contribution in [2.24, 2.45) is 11.7 Å². The van der Waals surface area contributed by atoms with Crippen LogP contribution in [0, 0.1) is 5.92 Å². The summed E-state index contributed by atoms with van der Waals surface area (Å²) in [5.74, 6) is 0.00530. The standard InChI is InChI=1S/C10H22N2O4S2/c1-8(2)5-9(6-11)12-18(15,16)10-3-4-17(13,14)7-10/h8-10,12H,3-7,11H2,1-2H3. The second-order valence-corrected chi connectivity index (χ2v) is 9.47. The maximum Gasteiger partial charge on any atom is 0.215 e. The van der Waals surface area contributed by atoms with Crippen LogP contribution < -0.4 is 10.5 Å². The number of sulfonamides is 1. The molecule has 0 aromatic heterocycles. The average Bonchev–Trinajstić information content (AvgIpc) is 2.57. The van der Waals surface area contributed by atoms with Crippen molar-refractivity contribution in [2.75, 3.05) is 18.1 Å². The van der Waals surface area contributed by atoms with Crippen molar-refractivity contribution in [1.29, 1.82) is 0 Å². The molecular weight excluding hydrogens is 276 g/mol. The summed E-state index contributed by atoms with van der Waals surface area (Å²) in [5, 5.41) is -0.830. The molecule has 2 atom stereocenters. The van der Waals surface area contributed by atoms with Crippen LogP contribution in [0.25, 0.3) is 0 Å². The van der Waals surface area contributed by atoms with Crippen molar-refractivity contribution in [2.45, 2.75) is 38.0 Å². The van der Waals surface area contributed by atoms with Gasteiger partial charge in [-0.15, -0.1) is 0 Å². The number of hydrogen-bond donors (Lipinski definition) is 2. The van der Waals surface area contributed by atoms with Gasteiger partial charge >= 0.3 is 0 Å². The Morgan fingerprint density at radius 2 is 2.00 bits per heavy atom. The third kappa shape index (κ3) is 4.49. The molecule has 0 saturated carbocycles. The quantitative estimate of drug-likeness (QED) is 0.685. The van der Waals surface area contributed by atoms with E-state index in [2.05, 4.69) is 4.72 Å². The molecule has 1 aliphatic rings. The van der Waals surface area contributed by atoms with E-state index in [1.807, 2.05) is 13.8 Å². The first-order valence-electron chi connectivity index (χ1n) is 6.08. The van der Waals surface area contributed by atoms with Gasteiger partial charge < -0.3 is 5.73 Å². The van der Waals surface area contributed by atoms with Crippen molar-refractivity contribution in [1.82, 2.24) is 4.72 Å². The topological polar surface area (TPSA) is 106 Å². The van der Waals surface area contributed by atoms with Crippen LogP contribution in [0.1, 0.15) is 26.7 Å². The third-order valence-electron chi connectivity index (χ3n) is 3.00. The Bertz CT molecular complexity index is 470. The van der Waals surface area contributed by atoms with Crippen LogP contribution in [-0.4, -0.2) is 46.2 Å². The highest BCUT2D eigenvalue weighted by Crippen LogP contribution is 2.19. The molecule has 0 spiro atoms. The van der Waals surface area contributed by atoms with Crippen LogP contribution in [0.15, 0.2) is 0 Å². The Kier molecular flexibility index (Phi) is 5.16. The zero-order valence-corrected chi connectivity index (χ0v) is 12.4. The van der Waals surface area contributed by atoms with Gasteiger partial charge in [-0.2, -0.15) is 0 Å². The van der Waals surface area contributed by atoms with Crippen molar-refractivity contribution in [3.8, 4) is 0 Å². The van der Waals surface area contributed by atoms with E-state index in [0.717, 1.165) is 0 Å². The van der Waals surface area contributed by atoms with Gasteiger partial charge in [-0.05, 0) is 18.8 Å². The number of nitrogens with two attached hydrogens (primary N) is 1. The van der Waals surface area contributed by atoms with E-state index in [0.29, 0.717) is 12.3 Å². The highest BCUT2D eigenvalue weighted by Gasteiger charge is 2.37. The maximum atomic E-state index is 12.0. The normalized spacial score (nSPS) is 25.4. The highest BCUT2D eigenvalue weighted by atomic mass is 32.2. The summed E-state index contributed by atoms with van der Waals surface area (Å²) in [7, 11) is -6.79. The molecule has 1 rings (SSSR count). The molecule has 108 valence electrons. The first kappa shape index (κ1) is 15.9. The Labute approximate surface area is 109 Å². The number of hydrogen-bond acceptors (Lipinski definition) is 5. The molecular formula is C10H22N2O4S2. The van der Waals surface area contributed by atoms with Crippen LogP contribution in [0.5, 0.6) is 0 Å². The second kappa shape index (κ2) is 5.85. The van der Waals surface area contributed by atoms with E-state index in [1.54, 1.807) is 0 Å². The molecule has 0 amide bonds. The fraction of sp³-hybridized carbons (Fsp3) is 1.00. The van der Waals surface area contributed by atoms with Gasteiger partial charge in [0, 0.05) is 12.6 Å². The van der Waals surface area contributed by atoms with E-state index in [-0.39, 0.29) is 30.5 Å². The molecule has 0 radical (unpaired) electrons. The summed E-state index contributed by atoms with van der Waals surface area (Å²) in [6.07, 6.45) is 0.825. The summed E-state index contributed by atoms with van der Waals surface area (Å²) in [5.41, 5.74) is 5.54. The Balaban J connectivity index is 2.70. The molecule has 1 fully saturated rings. The molecule has 8 heteroatoms. The van der Waals surface area contributed by atoms with Crippen LogP contribution >= 0.6 is 0 Å². The first-order chi connectivity index (χ1) is 8.16. The summed E-state index contributed by atoms with van der Waals surface area (Å²) < 4.78 is 49.2. The lowest BCUT2D eigenvalue weighted by Gasteiger charge is -2.20. The van der Waals surface area contributed by atoms with Gasteiger partial charge in [0.05, 0.1) is 16.8 Å². The molecule has 0 bridgehead atoms. The van der Waals surface area contributed by atoms with Crippen molar-refractivity contribution in [3.05, 3.63) is 0 Å². The Hall–Kier alpha value is -0.180. The SMILES string of the molecule is CC(C)CC(CN)NS(=O)(=O)C1CCS(=O)(=O)C1. The molecule has 3 N–H and O–H groups in total. The molecule has 0 aromatic carbocycles. The van der Waals surface area contributed by atoms with Crippen molar-refractivity contribution in [3.63, 3.8) is 0 Å². The van der Waals surface area contributed by atoms with E-state index in [4.69, 9.17) is 5.73 Å². The van der Waals surface area contributed by atoms with E-state index in [9.17, 15) is 16.8 Å². The van der Waals surface area contributed by atoms with Crippen LogP contribution in [0.4, 0.5) is 0 Å². The molecule has 1 aliphatic heterocycles. The van der Waals surface area contributed by atoms with Gasteiger partial charge in [0.15, 0.2) is 9.84 Å². The fourth-order valence-corrected chi connectivity index (χ4v) is 6.40. The lowest BCUT2D eigenvalue weighted by molar-refractivity contribution is 0.462. The van der Waals surface area contributed by atoms with Gasteiger partial charge in [0.2, 0.25) is 10.0 Å². The molecule has 2 unspecified atom stereocenters. The summed E-state index contributed by atoms with van der Waals surface area (Å²) in [4.78, 5) is 0. The summed E-state index contributed by atoms with van der Waals surface area (Å²) in [6, 6.07) is -0.321. The largest absolute Gasteiger partial charge is 0.329 e. The number of rotatable bonds is 6. The van der Waals surface area contributed by atoms with Gasteiger partial charge in [-0.25, -0.2) is 21.6 Å². The predicted octanol–water partition coefficient (Wildman–Crippen LogP) is -0.534. The summed E-state index contributed by atoms with van der Waals surface area (Å²) >= 11 is 0. The average molecular weight is 298 g/mol. The maximum absolute atomic E-state index is 12.0. The smallest absolute Gasteiger partial charge is 0.215 e. The van der Waals surface area contributed by atoms with Crippen LogP contribution in [0.3, 0.4) is 0 Å². The second-order valence-electron chi connectivity index (χ2n) is 5.25. The molecule has 1 heterocycles. The lowest BCUT2D eigenvalue weighted by atomic mass is 10.1. The molecule has 18 heavy (non-hydrogen) atoms. The van der Waals surface area contributed by atoms with E-state index in [1.165, 1.54) is 0 Å². The molecule has 6 nitrogen and oxygen atoms in total. The fourth-order valence-electron chi connectivity index (χ4n) is 2.10. The monoisotopic (exact) mass is 298 g/mol. The first-order valence-corrected chi connectivity index (χ1v) is 9.44. The molecule has 0 aliphatic carbocycles. The zero-order valence-electron chi connectivity index (χ0n) is 10.8. The van der Waals surface area contributed by atoms with Gasteiger partial charge in [-0.3, -0.25) is 0 Å². The van der Waals surface area contributed by atoms with Crippen LogP contribution in [-0.2, 0) is 19.9 Å². The van der Waals surface area contributed by atoms with Gasteiger partial charge in [0.25, 0.3) is 0 Å². The third-order valence-corrected chi connectivity index (χ3v) is 6.92. The summed E-state index contributed by atoms with van der Waals surface area (Å²) in [6.45, 7) is 4.19. The lowest BCUT2D eigenvalue weighted by Crippen LogP contribution is -2.45. The van der Waals surface area contributed by atoms with Crippen molar-refractivity contribution >= 4 is 19.9 Å². The van der Waals surface area contributed by atoms with Crippen molar-refractivity contribution < 1.29 is 16.8 Å². The number of nitrogens with one attached hydrogen (secondary N) is 1. The minimum Gasteiger partial charge on any atom is -0.329 e. The zero-order chi connectivity index (χ0) is 14.0. The highest BCUT2D eigenvalue weighted by molar-refractivity contribution is 7.95. The molecule has 1 saturated heterocycles. The minimum atomic E-state index is -3.60. The Morgan fingerprint density at radius 3 is 2.39 bits per heavy atom. The minimum absolute atomic E-state index is 0.0456. The van der Waals surface area contributed by atoms with E-state index >= 15 is 0 Å². The van der Waals surface area contributed by atoms with Gasteiger partial charge in [-0.1, -0.05) is 13.8 Å². The van der Waals surface area contributed by atoms with E-state index < -0.39 is 25.1 Å². The van der Waals surface area contributed by atoms with Gasteiger partial charge in [0.1, 0.15) is 0 Å². The number of sulfone groups is 1.